The Labute approximate surface area is 115 Å². The van der Waals surface area contributed by atoms with Crippen LogP contribution in [0.25, 0.3) is 0 Å². The molecule has 9 heteroatoms. The summed E-state index contributed by atoms with van der Waals surface area (Å²) >= 11 is 0. The zero-order valence-electron chi connectivity index (χ0n) is 10.7. The van der Waals surface area contributed by atoms with E-state index in [4.69, 9.17) is 5.11 Å². The van der Waals surface area contributed by atoms with Gasteiger partial charge < -0.3 is 9.67 Å². The van der Waals surface area contributed by atoms with Gasteiger partial charge in [-0.1, -0.05) is 0 Å². The molecule has 0 amide bonds. The summed E-state index contributed by atoms with van der Waals surface area (Å²) in [6.07, 6.45) is 5.92. The summed E-state index contributed by atoms with van der Waals surface area (Å²) in [5.74, 6) is -1.09. The molecule has 2 aromatic heterocycles. The van der Waals surface area contributed by atoms with Crippen LogP contribution >= 0.6 is 0 Å². The number of hydrogen-bond donors (Lipinski definition) is 2. The highest BCUT2D eigenvalue weighted by atomic mass is 32.2. The minimum absolute atomic E-state index is 0.0605. The standard InChI is InChI=1S/C11H14N4O4S/c1-14-3-2-9(6-14)4-13-20(18,19)10-5-12-15(7-10)8-11(16)17/h2-3,5-7,13H,4,8H2,1H3,(H,16,17). The quantitative estimate of drug-likeness (QED) is 0.767. The normalized spacial score (nSPS) is 11.7. The molecule has 0 aliphatic rings. The van der Waals surface area contributed by atoms with E-state index < -0.39 is 16.0 Å². The fraction of sp³-hybridized carbons (Fsp3) is 0.273. The number of sulfonamides is 1. The molecular weight excluding hydrogens is 284 g/mol. The van der Waals surface area contributed by atoms with Gasteiger partial charge in [0, 0.05) is 32.2 Å². The van der Waals surface area contributed by atoms with Crippen molar-refractivity contribution in [3.8, 4) is 0 Å². The second-order valence-corrected chi connectivity index (χ2v) is 6.04. The van der Waals surface area contributed by atoms with E-state index in [1.54, 1.807) is 12.3 Å². The van der Waals surface area contributed by atoms with Gasteiger partial charge >= 0.3 is 5.97 Å². The Balaban J connectivity index is 2.06. The number of aliphatic carboxylic acids is 1. The van der Waals surface area contributed by atoms with Crippen molar-refractivity contribution in [2.75, 3.05) is 0 Å². The van der Waals surface area contributed by atoms with Gasteiger partial charge in [0.05, 0.1) is 6.20 Å². The van der Waals surface area contributed by atoms with E-state index in [1.807, 2.05) is 17.8 Å². The summed E-state index contributed by atoms with van der Waals surface area (Å²) in [5, 5.41) is 12.3. The largest absolute Gasteiger partial charge is 0.480 e. The minimum Gasteiger partial charge on any atom is -0.480 e. The number of rotatable bonds is 6. The SMILES string of the molecule is Cn1ccc(CNS(=O)(=O)c2cnn(CC(=O)O)c2)c1. The summed E-state index contributed by atoms with van der Waals surface area (Å²) in [7, 11) is -1.86. The third kappa shape index (κ3) is 3.45. The van der Waals surface area contributed by atoms with E-state index in [0.717, 1.165) is 16.4 Å². The van der Waals surface area contributed by atoms with Crippen molar-refractivity contribution in [1.82, 2.24) is 19.1 Å². The molecule has 2 heterocycles. The molecule has 8 nitrogen and oxygen atoms in total. The summed E-state index contributed by atoms with van der Waals surface area (Å²) in [5.41, 5.74) is 0.828. The fourth-order valence-corrected chi connectivity index (χ4v) is 2.61. The number of carbonyl (C=O) groups is 1. The van der Waals surface area contributed by atoms with Crippen LogP contribution in [-0.4, -0.2) is 33.8 Å². The lowest BCUT2D eigenvalue weighted by Gasteiger charge is -2.02. The number of carboxylic acids is 1. The number of carboxylic acid groups (broad SMARTS) is 1. The Hall–Kier alpha value is -2.13. The van der Waals surface area contributed by atoms with Crippen molar-refractivity contribution >= 4 is 16.0 Å². The van der Waals surface area contributed by atoms with Crippen LogP contribution in [-0.2, 0) is 35.0 Å². The fourth-order valence-electron chi connectivity index (χ4n) is 1.64. The second-order valence-electron chi connectivity index (χ2n) is 4.28. The van der Waals surface area contributed by atoms with E-state index in [-0.39, 0.29) is 18.0 Å². The molecule has 2 N–H and O–H groups in total. The van der Waals surface area contributed by atoms with Crippen molar-refractivity contribution < 1.29 is 18.3 Å². The summed E-state index contributed by atoms with van der Waals surface area (Å²) in [4.78, 5) is 10.5. The van der Waals surface area contributed by atoms with Gasteiger partial charge in [-0.05, 0) is 11.6 Å². The molecule has 2 rings (SSSR count). The number of aromatic nitrogens is 3. The van der Waals surface area contributed by atoms with Gasteiger partial charge in [-0.15, -0.1) is 0 Å². The predicted molar refractivity (Wildman–Crippen MR) is 69.3 cm³/mol. The molecule has 0 aliphatic carbocycles. The van der Waals surface area contributed by atoms with Gasteiger partial charge in [-0.25, -0.2) is 13.1 Å². The zero-order valence-corrected chi connectivity index (χ0v) is 11.5. The van der Waals surface area contributed by atoms with Gasteiger partial charge in [0.15, 0.2) is 0 Å². The molecule has 2 aromatic rings. The molecule has 0 radical (unpaired) electrons. The van der Waals surface area contributed by atoms with Gasteiger partial charge in [0.25, 0.3) is 0 Å². The summed E-state index contributed by atoms with van der Waals surface area (Å²) in [6, 6.07) is 1.80. The number of nitrogens with one attached hydrogen (secondary N) is 1. The van der Waals surface area contributed by atoms with E-state index in [9.17, 15) is 13.2 Å². The van der Waals surface area contributed by atoms with E-state index in [2.05, 4.69) is 9.82 Å². The van der Waals surface area contributed by atoms with Crippen molar-refractivity contribution in [2.45, 2.75) is 18.0 Å². The Morgan fingerprint density at radius 2 is 2.20 bits per heavy atom. The number of aryl methyl sites for hydroxylation is 1. The Kier molecular flexibility index (Phi) is 3.91. The molecule has 0 bridgehead atoms. The molecule has 108 valence electrons. The smallest absolute Gasteiger partial charge is 0.325 e. The lowest BCUT2D eigenvalue weighted by molar-refractivity contribution is -0.137. The molecule has 0 spiro atoms. The van der Waals surface area contributed by atoms with Crippen LogP contribution in [0.5, 0.6) is 0 Å². The number of nitrogens with zero attached hydrogens (tertiary/aromatic N) is 3. The van der Waals surface area contributed by atoms with Crippen LogP contribution in [0.3, 0.4) is 0 Å². The first kappa shape index (κ1) is 14.3. The van der Waals surface area contributed by atoms with E-state index >= 15 is 0 Å². The third-order valence-corrected chi connectivity index (χ3v) is 3.93. The second kappa shape index (κ2) is 5.47. The molecule has 0 fully saturated rings. The molecule has 0 saturated heterocycles. The highest BCUT2D eigenvalue weighted by Gasteiger charge is 2.17. The van der Waals surface area contributed by atoms with Crippen LogP contribution in [0.1, 0.15) is 5.56 Å². The van der Waals surface area contributed by atoms with Gasteiger partial charge in [0.1, 0.15) is 11.4 Å². The number of hydrogen-bond acceptors (Lipinski definition) is 4. The van der Waals surface area contributed by atoms with Crippen LogP contribution in [0.4, 0.5) is 0 Å². The molecule has 0 atom stereocenters. The Morgan fingerprint density at radius 3 is 2.80 bits per heavy atom. The first-order valence-corrected chi connectivity index (χ1v) is 7.20. The van der Waals surface area contributed by atoms with Crippen LogP contribution in [0, 0.1) is 0 Å². The van der Waals surface area contributed by atoms with Crippen LogP contribution < -0.4 is 4.72 Å². The molecule has 0 unspecified atom stereocenters. The van der Waals surface area contributed by atoms with Gasteiger partial charge in [-0.3, -0.25) is 9.48 Å². The van der Waals surface area contributed by atoms with Crippen molar-refractivity contribution in [3.05, 3.63) is 36.4 Å². The van der Waals surface area contributed by atoms with Crippen LogP contribution in [0.2, 0.25) is 0 Å². The first-order chi connectivity index (χ1) is 9.37. The Morgan fingerprint density at radius 1 is 1.45 bits per heavy atom. The molecule has 0 aliphatic heterocycles. The monoisotopic (exact) mass is 298 g/mol. The average Bonchev–Trinajstić information content (AvgIpc) is 2.95. The van der Waals surface area contributed by atoms with Crippen molar-refractivity contribution in [1.29, 1.82) is 0 Å². The first-order valence-electron chi connectivity index (χ1n) is 5.71. The molecule has 0 aromatic carbocycles. The minimum atomic E-state index is -3.70. The van der Waals surface area contributed by atoms with Crippen LogP contribution in [0.15, 0.2) is 35.7 Å². The zero-order chi connectivity index (χ0) is 14.8. The average molecular weight is 298 g/mol. The molecule has 0 saturated carbocycles. The lowest BCUT2D eigenvalue weighted by Crippen LogP contribution is -2.22. The highest BCUT2D eigenvalue weighted by Crippen LogP contribution is 2.08. The maximum absolute atomic E-state index is 12.0. The molecule has 20 heavy (non-hydrogen) atoms. The Bertz CT molecular complexity index is 716. The van der Waals surface area contributed by atoms with E-state index in [1.165, 1.54) is 6.20 Å². The summed E-state index contributed by atoms with van der Waals surface area (Å²) < 4.78 is 29.3. The predicted octanol–water partition coefficient (Wildman–Crippen LogP) is -0.215. The topological polar surface area (TPSA) is 106 Å². The summed E-state index contributed by atoms with van der Waals surface area (Å²) in [6.45, 7) is -0.221. The lowest BCUT2D eigenvalue weighted by atomic mass is 10.4. The van der Waals surface area contributed by atoms with Gasteiger partial charge in [-0.2, -0.15) is 5.10 Å². The maximum Gasteiger partial charge on any atom is 0.325 e. The van der Waals surface area contributed by atoms with Crippen molar-refractivity contribution in [2.24, 2.45) is 7.05 Å². The van der Waals surface area contributed by atoms with Gasteiger partial charge in [0.2, 0.25) is 10.0 Å². The molecular formula is C11H14N4O4S. The third-order valence-electron chi connectivity index (χ3n) is 2.58. The van der Waals surface area contributed by atoms with Crippen molar-refractivity contribution in [3.63, 3.8) is 0 Å². The van der Waals surface area contributed by atoms with E-state index in [0.29, 0.717) is 0 Å². The highest BCUT2D eigenvalue weighted by molar-refractivity contribution is 7.89. The maximum atomic E-state index is 12.0.